The van der Waals surface area contributed by atoms with Crippen LogP contribution < -0.4 is 10.2 Å². The van der Waals surface area contributed by atoms with E-state index in [0.29, 0.717) is 25.1 Å². The highest BCUT2D eigenvalue weighted by Gasteiger charge is 2.26. The van der Waals surface area contributed by atoms with E-state index in [9.17, 15) is 0 Å². The summed E-state index contributed by atoms with van der Waals surface area (Å²) in [4.78, 5) is 2.21. The number of nitrogens with zero attached hydrogens (tertiary/aromatic N) is 3. The normalized spacial score (nSPS) is 14.8. The molecule has 108 valence electrons. The van der Waals surface area contributed by atoms with E-state index in [2.05, 4.69) is 27.3 Å². The van der Waals surface area contributed by atoms with Crippen LogP contribution in [0.5, 0.6) is 0 Å². The molecule has 0 bridgehead atoms. The lowest BCUT2D eigenvalue weighted by atomic mass is 10.3. The number of aromatic nitrogens is 2. The molecule has 1 N–H and O–H groups in total. The largest absolute Gasteiger partial charge is 0.407 e. The SMILES string of the molecule is CCCN(CC1CC1)c1nnc(CNCCOC)o1. The Hall–Kier alpha value is -1.14. The van der Waals surface area contributed by atoms with Crippen LogP contribution in [0.25, 0.3) is 0 Å². The van der Waals surface area contributed by atoms with Crippen molar-refractivity contribution in [2.75, 3.05) is 38.3 Å². The van der Waals surface area contributed by atoms with Gasteiger partial charge in [0.25, 0.3) is 0 Å². The van der Waals surface area contributed by atoms with Gasteiger partial charge in [0.15, 0.2) is 0 Å². The number of rotatable bonds is 10. The van der Waals surface area contributed by atoms with Gasteiger partial charge >= 0.3 is 6.01 Å². The average Bonchev–Trinajstić information content (AvgIpc) is 3.11. The molecule has 0 aliphatic heterocycles. The molecule has 1 saturated carbocycles. The van der Waals surface area contributed by atoms with Crippen molar-refractivity contribution in [1.29, 1.82) is 0 Å². The van der Waals surface area contributed by atoms with E-state index in [1.165, 1.54) is 12.8 Å². The third kappa shape index (κ3) is 4.80. The molecule has 19 heavy (non-hydrogen) atoms. The third-order valence-electron chi connectivity index (χ3n) is 3.15. The standard InChI is InChI=1S/C13H24N4O2/c1-3-7-17(10-11-4-5-11)13-16-15-12(19-13)9-14-6-8-18-2/h11,14H,3-10H2,1-2H3. The molecule has 0 atom stereocenters. The molecule has 0 saturated heterocycles. The van der Waals surface area contributed by atoms with E-state index in [4.69, 9.17) is 9.15 Å². The highest BCUT2D eigenvalue weighted by Crippen LogP contribution is 2.31. The number of methoxy groups -OCH3 is 1. The maximum absolute atomic E-state index is 5.71. The first-order valence-corrected chi connectivity index (χ1v) is 7.10. The predicted molar refractivity (Wildman–Crippen MR) is 73.1 cm³/mol. The van der Waals surface area contributed by atoms with Gasteiger partial charge < -0.3 is 19.4 Å². The smallest absolute Gasteiger partial charge is 0.318 e. The number of nitrogens with one attached hydrogen (secondary N) is 1. The van der Waals surface area contributed by atoms with Crippen molar-refractivity contribution in [3.8, 4) is 0 Å². The lowest BCUT2D eigenvalue weighted by Crippen LogP contribution is -2.26. The molecular weight excluding hydrogens is 244 g/mol. The molecule has 0 aromatic carbocycles. The molecule has 2 rings (SSSR count). The van der Waals surface area contributed by atoms with E-state index in [0.717, 1.165) is 32.0 Å². The number of anilines is 1. The zero-order valence-corrected chi connectivity index (χ0v) is 11.9. The van der Waals surface area contributed by atoms with Crippen LogP contribution in [0.3, 0.4) is 0 Å². The Morgan fingerprint density at radius 3 is 2.95 bits per heavy atom. The monoisotopic (exact) mass is 268 g/mol. The van der Waals surface area contributed by atoms with Crippen LogP contribution in [-0.2, 0) is 11.3 Å². The van der Waals surface area contributed by atoms with Crippen LogP contribution in [0.4, 0.5) is 6.01 Å². The Labute approximate surface area is 114 Å². The maximum atomic E-state index is 5.71. The summed E-state index contributed by atoms with van der Waals surface area (Å²) in [6.45, 7) is 6.27. The second-order valence-electron chi connectivity index (χ2n) is 5.04. The fourth-order valence-electron chi connectivity index (χ4n) is 1.96. The quantitative estimate of drug-likeness (QED) is 0.648. The zero-order chi connectivity index (χ0) is 13.5. The van der Waals surface area contributed by atoms with Gasteiger partial charge in [0.2, 0.25) is 5.89 Å². The number of ether oxygens (including phenoxy) is 1. The van der Waals surface area contributed by atoms with E-state index in [1.807, 2.05) is 0 Å². The van der Waals surface area contributed by atoms with Crippen LogP contribution in [0, 0.1) is 5.92 Å². The van der Waals surface area contributed by atoms with Gasteiger partial charge in [-0.15, -0.1) is 5.10 Å². The molecule has 0 amide bonds. The van der Waals surface area contributed by atoms with Crippen molar-refractivity contribution < 1.29 is 9.15 Å². The van der Waals surface area contributed by atoms with Crippen molar-refractivity contribution in [3.63, 3.8) is 0 Å². The van der Waals surface area contributed by atoms with Crippen LogP contribution >= 0.6 is 0 Å². The topological polar surface area (TPSA) is 63.4 Å². The summed E-state index contributed by atoms with van der Waals surface area (Å²) in [6, 6.07) is 0.664. The highest BCUT2D eigenvalue weighted by atomic mass is 16.5. The summed E-state index contributed by atoms with van der Waals surface area (Å²) in [7, 11) is 1.69. The number of hydrogen-bond acceptors (Lipinski definition) is 6. The summed E-state index contributed by atoms with van der Waals surface area (Å²) < 4.78 is 10.7. The fourth-order valence-corrected chi connectivity index (χ4v) is 1.96. The van der Waals surface area contributed by atoms with E-state index in [1.54, 1.807) is 7.11 Å². The summed E-state index contributed by atoms with van der Waals surface area (Å²) in [5, 5.41) is 11.4. The minimum absolute atomic E-state index is 0.597. The number of hydrogen-bond donors (Lipinski definition) is 1. The van der Waals surface area contributed by atoms with Crippen molar-refractivity contribution >= 4 is 6.01 Å². The summed E-state index contributed by atoms with van der Waals surface area (Å²) in [6.07, 6.45) is 3.76. The van der Waals surface area contributed by atoms with Gasteiger partial charge in [0.05, 0.1) is 13.2 Å². The first kappa shape index (κ1) is 14.3. The molecule has 1 fully saturated rings. The van der Waals surface area contributed by atoms with Crippen LogP contribution in [0.2, 0.25) is 0 Å². The lowest BCUT2D eigenvalue weighted by molar-refractivity contribution is 0.198. The van der Waals surface area contributed by atoms with Crippen LogP contribution in [0.15, 0.2) is 4.42 Å². The molecule has 0 unspecified atom stereocenters. The third-order valence-corrected chi connectivity index (χ3v) is 3.15. The Morgan fingerprint density at radius 1 is 1.42 bits per heavy atom. The van der Waals surface area contributed by atoms with E-state index >= 15 is 0 Å². The Kier molecular flexibility index (Phi) is 5.60. The predicted octanol–water partition coefficient (Wildman–Crippen LogP) is 1.43. The first-order chi connectivity index (χ1) is 9.33. The molecule has 1 aromatic heterocycles. The van der Waals surface area contributed by atoms with Gasteiger partial charge in [-0.25, -0.2) is 0 Å². The Morgan fingerprint density at radius 2 is 2.26 bits per heavy atom. The van der Waals surface area contributed by atoms with Gasteiger partial charge in [-0.3, -0.25) is 0 Å². The molecular formula is C13H24N4O2. The molecule has 6 nitrogen and oxygen atoms in total. The molecule has 0 spiro atoms. The molecule has 1 aromatic rings. The van der Waals surface area contributed by atoms with Gasteiger partial charge in [0, 0.05) is 26.7 Å². The maximum Gasteiger partial charge on any atom is 0.318 e. The van der Waals surface area contributed by atoms with Crippen LogP contribution in [0.1, 0.15) is 32.1 Å². The first-order valence-electron chi connectivity index (χ1n) is 7.10. The summed E-state index contributed by atoms with van der Waals surface area (Å²) in [5.41, 5.74) is 0. The Balaban J connectivity index is 1.82. The molecule has 1 heterocycles. The fraction of sp³-hybridized carbons (Fsp3) is 0.846. The van der Waals surface area contributed by atoms with E-state index in [-0.39, 0.29) is 0 Å². The van der Waals surface area contributed by atoms with Crippen molar-refractivity contribution in [2.45, 2.75) is 32.7 Å². The van der Waals surface area contributed by atoms with Crippen molar-refractivity contribution in [2.24, 2.45) is 5.92 Å². The van der Waals surface area contributed by atoms with Crippen LogP contribution in [-0.4, -0.2) is 43.5 Å². The van der Waals surface area contributed by atoms with Crippen molar-refractivity contribution in [1.82, 2.24) is 15.5 Å². The van der Waals surface area contributed by atoms with Gasteiger partial charge in [-0.1, -0.05) is 12.0 Å². The minimum Gasteiger partial charge on any atom is -0.407 e. The summed E-state index contributed by atoms with van der Waals surface area (Å²) >= 11 is 0. The lowest BCUT2D eigenvalue weighted by Gasteiger charge is -2.18. The van der Waals surface area contributed by atoms with Crippen molar-refractivity contribution in [3.05, 3.63) is 5.89 Å². The zero-order valence-electron chi connectivity index (χ0n) is 11.9. The second-order valence-corrected chi connectivity index (χ2v) is 5.04. The van der Waals surface area contributed by atoms with Gasteiger partial charge in [0.1, 0.15) is 0 Å². The second kappa shape index (κ2) is 7.45. The average molecular weight is 268 g/mol. The van der Waals surface area contributed by atoms with E-state index < -0.39 is 0 Å². The minimum atomic E-state index is 0.597. The van der Waals surface area contributed by atoms with Gasteiger partial charge in [-0.2, -0.15) is 0 Å². The molecule has 0 radical (unpaired) electrons. The Bertz CT molecular complexity index is 365. The molecule has 6 heteroatoms. The molecule has 1 aliphatic carbocycles. The highest BCUT2D eigenvalue weighted by molar-refractivity contribution is 5.24. The van der Waals surface area contributed by atoms with Gasteiger partial charge in [-0.05, 0) is 25.2 Å². The molecule has 1 aliphatic rings. The summed E-state index contributed by atoms with van der Waals surface area (Å²) in [5.74, 6) is 1.46.